The molecule has 1 amide bonds. The number of carbonyl (C=O) groups excluding carboxylic acids is 1. The van der Waals surface area contributed by atoms with E-state index in [1.54, 1.807) is 14.0 Å². The van der Waals surface area contributed by atoms with E-state index < -0.39 is 11.0 Å². The van der Waals surface area contributed by atoms with Crippen molar-refractivity contribution in [2.24, 2.45) is 0 Å². The maximum absolute atomic E-state index is 11.8. The van der Waals surface area contributed by atoms with Gasteiger partial charge < -0.3 is 14.8 Å². The van der Waals surface area contributed by atoms with Crippen LogP contribution in [-0.4, -0.2) is 37.2 Å². The fourth-order valence-electron chi connectivity index (χ4n) is 1.54. The maximum Gasteiger partial charge on any atom is 0.288 e. The van der Waals surface area contributed by atoms with E-state index in [9.17, 15) is 14.9 Å². The van der Waals surface area contributed by atoms with Gasteiger partial charge in [-0.25, -0.2) is 0 Å². The lowest BCUT2D eigenvalue weighted by Gasteiger charge is -2.14. The Morgan fingerprint density at radius 1 is 1.52 bits per heavy atom. The standard InChI is InChI=1S/C13H17ClN2O5/c1-9(13(17)15-6-3-7-20-2)21-10-4-5-12(16(18)19)11(14)8-10/h4-5,8-9H,3,6-7H2,1-2H3,(H,15,17). The van der Waals surface area contributed by atoms with Gasteiger partial charge in [-0.2, -0.15) is 0 Å². The zero-order chi connectivity index (χ0) is 15.8. The molecule has 1 unspecified atom stereocenters. The van der Waals surface area contributed by atoms with Crippen LogP contribution in [0.1, 0.15) is 13.3 Å². The van der Waals surface area contributed by atoms with Gasteiger partial charge in [0.2, 0.25) is 0 Å². The molecular formula is C13H17ClN2O5. The molecule has 0 aliphatic rings. The number of nitrogens with one attached hydrogen (secondary N) is 1. The summed E-state index contributed by atoms with van der Waals surface area (Å²) in [7, 11) is 1.59. The number of rotatable bonds is 8. The van der Waals surface area contributed by atoms with Gasteiger partial charge >= 0.3 is 0 Å². The normalized spacial score (nSPS) is 11.8. The maximum atomic E-state index is 11.8. The highest BCUT2D eigenvalue weighted by Gasteiger charge is 2.17. The van der Waals surface area contributed by atoms with Crippen molar-refractivity contribution in [3.05, 3.63) is 33.3 Å². The summed E-state index contributed by atoms with van der Waals surface area (Å²) in [4.78, 5) is 21.8. The van der Waals surface area contributed by atoms with Gasteiger partial charge in [0.25, 0.3) is 11.6 Å². The van der Waals surface area contributed by atoms with Crippen LogP contribution in [0, 0.1) is 10.1 Å². The third-order valence-corrected chi connectivity index (χ3v) is 2.93. The molecule has 0 spiro atoms. The second-order valence-electron chi connectivity index (χ2n) is 4.27. The zero-order valence-corrected chi connectivity index (χ0v) is 12.6. The van der Waals surface area contributed by atoms with Crippen LogP contribution < -0.4 is 10.1 Å². The van der Waals surface area contributed by atoms with Gasteiger partial charge in [-0.05, 0) is 19.4 Å². The summed E-state index contributed by atoms with van der Waals surface area (Å²) in [6.45, 7) is 2.63. The molecule has 0 bridgehead atoms. The molecule has 0 heterocycles. The second-order valence-corrected chi connectivity index (χ2v) is 4.67. The number of methoxy groups -OCH3 is 1. The molecule has 0 fully saturated rings. The van der Waals surface area contributed by atoms with E-state index in [-0.39, 0.29) is 16.6 Å². The van der Waals surface area contributed by atoms with Crippen molar-refractivity contribution in [1.82, 2.24) is 5.32 Å². The quantitative estimate of drug-likeness (QED) is 0.451. The number of nitro groups is 1. The van der Waals surface area contributed by atoms with Crippen LogP contribution in [0.3, 0.4) is 0 Å². The molecule has 1 atom stereocenters. The molecule has 8 heteroatoms. The molecule has 0 aromatic heterocycles. The van der Waals surface area contributed by atoms with Crippen molar-refractivity contribution in [3.63, 3.8) is 0 Å². The van der Waals surface area contributed by atoms with Crippen molar-refractivity contribution in [2.45, 2.75) is 19.4 Å². The number of benzene rings is 1. The van der Waals surface area contributed by atoms with Gasteiger partial charge in [-0.1, -0.05) is 11.6 Å². The Hall–Kier alpha value is -1.86. The smallest absolute Gasteiger partial charge is 0.288 e. The summed E-state index contributed by atoms with van der Waals surface area (Å²) in [5.41, 5.74) is -0.208. The molecule has 116 valence electrons. The minimum Gasteiger partial charge on any atom is -0.481 e. The van der Waals surface area contributed by atoms with Crippen molar-refractivity contribution in [2.75, 3.05) is 20.3 Å². The van der Waals surface area contributed by atoms with E-state index in [0.717, 1.165) is 0 Å². The Labute approximate surface area is 127 Å². The highest BCUT2D eigenvalue weighted by Crippen LogP contribution is 2.28. The summed E-state index contributed by atoms with van der Waals surface area (Å²) >= 11 is 5.77. The first-order chi connectivity index (χ1) is 9.95. The van der Waals surface area contributed by atoms with E-state index in [2.05, 4.69) is 5.32 Å². The third kappa shape index (κ3) is 5.57. The monoisotopic (exact) mass is 316 g/mol. The molecule has 1 N–H and O–H groups in total. The Balaban J connectivity index is 2.54. The summed E-state index contributed by atoms with van der Waals surface area (Å²) in [5, 5.41) is 13.3. The van der Waals surface area contributed by atoms with Crippen LogP contribution >= 0.6 is 11.6 Å². The molecule has 0 aliphatic heterocycles. The summed E-state index contributed by atoms with van der Waals surface area (Å²) in [5.74, 6) is 0.0192. The SMILES string of the molecule is COCCCNC(=O)C(C)Oc1ccc([N+](=O)[O-])c(Cl)c1. The van der Waals surface area contributed by atoms with Crippen molar-refractivity contribution in [3.8, 4) is 5.75 Å². The first kappa shape index (κ1) is 17.2. The van der Waals surface area contributed by atoms with Gasteiger partial charge in [-0.15, -0.1) is 0 Å². The predicted molar refractivity (Wildman–Crippen MR) is 77.7 cm³/mol. The van der Waals surface area contributed by atoms with Gasteiger partial charge in [0, 0.05) is 32.4 Å². The Morgan fingerprint density at radius 2 is 2.24 bits per heavy atom. The number of hydrogen-bond donors (Lipinski definition) is 1. The number of amides is 1. The minimum absolute atomic E-state index is 0.0368. The predicted octanol–water partition coefficient (Wildman–Crippen LogP) is 2.17. The van der Waals surface area contributed by atoms with E-state index in [0.29, 0.717) is 25.3 Å². The van der Waals surface area contributed by atoms with Crippen LogP contribution in [0.2, 0.25) is 5.02 Å². The molecular weight excluding hydrogens is 300 g/mol. The lowest BCUT2D eigenvalue weighted by Crippen LogP contribution is -2.37. The second kappa shape index (κ2) is 8.43. The molecule has 0 radical (unpaired) electrons. The fraction of sp³-hybridized carbons (Fsp3) is 0.462. The Morgan fingerprint density at radius 3 is 2.81 bits per heavy atom. The largest absolute Gasteiger partial charge is 0.481 e. The highest BCUT2D eigenvalue weighted by molar-refractivity contribution is 6.32. The van der Waals surface area contributed by atoms with Crippen LogP contribution in [0.5, 0.6) is 5.75 Å². The van der Waals surface area contributed by atoms with E-state index in [1.807, 2.05) is 0 Å². The summed E-state index contributed by atoms with van der Waals surface area (Å²) in [6, 6.07) is 3.95. The molecule has 1 aromatic rings. The van der Waals surface area contributed by atoms with Gasteiger partial charge in [0.1, 0.15) is 10.8 Å². The van der Waals surface area contributed by atoms with E-state index in [1.165, 1.54) is 18.2 Å². The molecule has 0 saturated carbocycles. The van der Waals surface area contributed by atoms with Gasteiger partial charge in [0.05, 0.1) is 4.92 Å². The lowest BCUT2D eigenvalue weighted by molar-refractivity contribution is -0.384. The zero-order valence-electron chi connectivity index (χ0n) is 11.8. The minimum atomic E-state index is -0.731. The average Bonchev–Trinajstić information content (AvgIpc) is 2.43. The van der Waals surface area contributed by atoms with E-state index in [4.69, 9.17) is 21.1 Å². The first-order valence-electron chi connectivity index (χ1n) is 6.33. The fourth-order valence-corrected chi connectivity index (χ4v) is 1.78. The third-order valence-electron chi connectivity index (χ3n) is 2.62. The van der Waals surface area contributed by atoms with E-state index >= 15 is 0 Å². The van der Waals surface area contributed by atoms with Crippen LogP contribution in [-0.2, 0) is 9.53 Å². The molecule has 7 nitrogen and oxygen atoms in total. The average molecular weight is 317 g/mol. The molecule has 21 heavy (non-hydrogen) atoms. The summed E-state index contributed by atoms with van der Waals surface area (Å²) < 4.78 is 10.3. The molecule has 1 aromatic carbocycles. The molecule has 0 aliphatic carbocycles. The number of ether oxygens (including phenoxy) is 2. The number of carbonyl (C=O) groups is 1. The topological polar surface area (TPSA) is 90.7 Å². The number of nitrogens with zero attached hydrogens (tertiary/aromatic N) is 1. The van der Waals surface area contributed by atoms with Crippen LogP contribution in [0.25, 0.3) is 0 Å². The Bertz CT molecular complexity index is 509. The van der Waals surface area contributed by atoms with Crippen LogP contribution in [0.4, 0.5) is 5.69 Å². The molecule has 1 rings (SSSR count). The van der Waals surface area contributed by atoms with Gasteiger partial charge in [0.15, 0.2) is 6.10 Å². The highest BCUT2D eigenvalue weighted by atomic mass is 35.5. The van der Waals surface area contributed by atoms with Crippen molar-refractivity contribution in [1.29, 1.82) is 0 Å². The lowest BCUT2D eigenvalue weighted by atomic mass is 10.3. The van der Waals surface area contributed by atoms with Crippen molar-refractivity contribution < 1.29 is 19.2 Å². The molecule has 0 saturated heterocycles. The Kier molecular flexibility index (Phi) is 6.90. The van der Waals surface area contributed by atoms with Crippen LogP contribution in [0.15, 0.2) is 18.2 Å². The number of hydrogen-bond acceptors (Lipinski definition) is 5. The van der Waals surface area contributed by atoms with Gasteiger partial charge in [-0.3, -0.25) is 14.9 Å². The summed E-state index contributed by atoms with van der Waals surface area (Å²) in [6.07, 6.45) is -0.0248. The number of nitro benzene ring substituents is 1. The van der Waals surface area contributed by atoms with Crippen molar-refractivity contribution >= 4 is 23.2 Å². The first-order valence-corrected chi connectivity index (χ1v) is 6.70. The number of halogens is 1.